The van der Waals surface area contributed by atoms with Gasteiger partial charge in [-0.3, -0.25) is 9.36 Å². The second-order valence-corrected chi connectivity index (χ2v) is 12.2. The Morgan fingerprint density at radius 2 is 1.91 bits per heavy atom. The highest BCUT2D eigenvalue weighted by Gasteiger charge is 2.25. The van der Waals surface area contributed by atoms with E-state index < -0.39 is 20.0 Å². The quantitative estimate of drug-likeness (QED) is 0.429. The van der Waals surface area contributed by atoms with Gasteiger partial charge < -0.3 is 5.32 Å². The number of piperidine rings is 1. The zero-order chi connectivity index (χ0) is 24.5. The molecule has 4 heterocycles. The Balaban J connectivity index is 1.52. The lowest BCUT2D eigenvalue weighted by Crippen LogP contribution is -2.42. The number of aryl methyl sites for hydroxylation is 2. The summed E-state index contributed by atoms with van der Waals surface area (Å²) in [4.78, 5) is 25.4. The summed E-state index contributed by atoms with van der Waals surface area (Å²) >= 11 is 0. The van der Waals surface area contributed by atoms with Crippen LogP contribution in [0.1, 0.15) is 24.8 Å². The molecule has 0 atom stereocenters. The molecule has 0 bridgehead atoms. The monoisotopic (exact) mass is 510 g/mol. The van der Waals surface area contributed by atoms with Crippen molar-refractivity contribution in [2.24, 2.45) is 0 Å². The second-order valence-electron chi connectivity index (χ2n) is 8.27. The lowest BCUT2D eigenvalue weighted by molar-refractivity contribution is 0.331. The highest BCUT2D eigenvalue weighted by Crippen LogP contribution is 2.18. The van der Waals surface area contributed by atoms with E-state index in [1.54, 1.807) is 19.2 Å². The predicted octanol–water partition coefficient (Wildman–Crippen LogP) is -0.204. The van der Waals surface area contributed by atoms with Crippen LogP contribution in [0.4, 0.5) is 5.95 Å². The first-order valence-electron chi connectivity index (χ1n) is 10.7. The molecule has 3 aromatic heterocycles. The van der Waals surface area contributed by atoms with Crippen LogP contribution in [0.5, 0.6) is 0 Å². The fourth-order valence-corrected chi connectivity index (χ4v) is 5.87. The first kappa shape index (κ1) is 24.2. The molecule has 1 N–H and O–H groups in total. The van der Waals surface area contributed by atoms with Crippen LogP contribution in [0.3, 0.4) is 0 Å². The van der Waals surface area contributed by atoms with E-state index in [0.29, 0.717) is 48.5 Å². The van der Waals surface area contributed by atoms with Crippen LogP contribution < -0.4 is 10.9 Å². The highest BCUT2D eigenvalue weighted by atomic mass is 32.2. The second kappa shape index (κ2) is 9.38. The van der Waals surface area contributed by atoms with Crippen LogP contribution in [0.15, 0.2) is 29.7 Å². The normalized spacial score (nSPS) is 16.2. The molecule has 34 heavy (non-hydrogen) atoms. The maximum Gasteiger partial charge on any atom is 0.255 e. The number of anilines is 1. The van der Waals surface area contributed by atoms with Gasteiger partial charge in [-0.15, -0.1) is 9.19 Å². The molecule has 4 rings (SSSR count). The molecule has 0 aromatic carbocycles. The number of rotatable bonds is 8. The van der Waals surface area contributed by atoms with Crippen molar-refractivity contribution in [3.8, 4) is 0 Å². The summed E-state index contributed by atoms with van der Waals surface area (Å²) in [6.07, 6.45) is 6.47. The van der Waals surface area contributed by atoms with E-state index in [1.807, 2.05) is 0 Å². The number of hydrogen-bond donors (Lipinski definition) is 1. The van der Waals surface area contributed by atoms with Crippen molar-refractivity contribution < 1.29 is 16.8 Å². The summed E-state index contributed by atoms with van der Waals surface area (Å²) in [5.74, 6) is 0.116. The van der Waals surface area contributed by atoms with Crippen LogP contribution in [-0.4, -0.2) is 81.0 Å². The predicted molar refractivity (Wildman–Crippen MR) is 125 cm³/mol. The Morgan fingerprint density at radius 1 is 1.18 bits per heavy atom. The number of aromatic nitrogens is 6. The average molecular weight is 511 g/mol. The van der Waals surface area contributed by atoms with E-state index in [1.165, 1.54) is 15.1 Å². The number of hydrogen-bond acceptors (Lipinski definition) is 10. The summed E-state index contributed by atoms with van der Waals surface area (Å²) in [6.45, 7) is 2.66. The number of nitrogens with zero attached hydrogens (tertiary/aromatic N) is 7. The molecule has 1 fully saturated rings. The number of fused-ring (bicyclic) bond motifs is 1. The maximum absolute atomic E-state index is 12.8. The molecule has 1 saturated heterocycles. The van der Waals surface area contributed by atoms with Crippen molar-refractivity contribution in [3.05, 3.63) is 40.8 Å². The molecular formula is C19H26N8O5S2. The average Bonchev–Trinajstić information content (AvgIpc) is 3.33. The molecule has 0 saturated carbocycles. The third-order valence-corrected chi connectivity index (χ3v) is 8.60. The van der Waals surface area contributed by atoms with E-state index in [0.717, 1.165) is 16.7 Å². The number of pyridine rings is 1. The summed E-state index contributed by atoms with van der Waals surface area (Å²) in [5, 5.41) is 7.56. The lowest BCUT2D eigenvalue weighted by Gasteiger charge is -2.30. The SMILES string of the molecule is Cc1cc2cnc(NC3CCN(S(C)(=O)=O)CC3)nc2n(CCCS(=O)(=O)n2cncn2)c1=O. The minimum Gasteiger partial charge on any atom is -0.351 e. The van der Waals surface area contributed by atoms with Crippen LogP contribution in [0.25, 0.3) is 11.0 Å². The van der Waals surface area contributed by atoms with Gasteiger partial charge in [-0.2, -0.15) is 4.98 Å². The van der Waals surface area contributed by atoms with E-state index >= 15 is 0 Å². The van der Waals surface area contributed by atoms with Crippen LogP contribution in [0, 0.1) is 6.92 Å². The molecule has 15 heteroatoms. The standard InChI is InChI=1S/C19H26N8O5S2/c1-14-10-15-11-21-19(23-16-4-7-25(8-5-16)33(2,29)30)24-17(15)26(18(14)28)6-3-9-34(31,32)27-13-20-12-22-27/h10-13,16H,3-9H2,1-2H3,(H,21,23,24). The summed E-state index contributed by atoms with van der Waals surface area (Å²) in [7, 11) is -6.88. The van der Waals surface area contributed by atoms with Gasteiger partial charge in [0, 0.05) is 42.8 Å². The fourth-order valence-electron chi connectivity index (χ4n) is 3.94. The summed E-state index contributed by atoms with van der Waals surface area (Å²) in [5.41, 5.74) is 0.653. The fraction of sp³-hybridized carbons (Fsp3) is 0.526. The first-order valence-corrected chi connectivity index (χ1v) is 14.2. The molecular weight excluding hydrogens is 484 g/mol. The largest absolute Gasteiger partial charge is 0.351 e. The van der Waals surface area contributed by atoms with E-state index in [-0.39, 0.29) is 30.3 Å². The Hall–Kier alpha value is -2.91. The zero-order valence-corrected chi connectivity index (χ0v) is 20.5. The van der Waals surface area contributed by atoms with Gasteiger partial charge in [0.25, 0.3) is 15.6 Å². The molecule has 0 amide bonds. The maximum atomic E-state index is 12.8. The minimum absolute atomic E-state index is 0.00565. The topological polar surface area (TPSA) is 162 Å². The van der Waals surface area contributed by atoms with Gasteiger partial charge in [0.1, 0.15) is 18.3 Å². The Labute approximate surface area is 197 Å². The van der Waals surface area contributed by atoms with Crippen molar-refractivity contribution in [1.82, 2.24) is 33.0 Å². The van der Waals surface area contributed by atoms with Crippen LogP contribution in [0.2, 0.25) is 0 Å². The van der Waals surface area contributed by atoms with Crippen molar-refractivity contribution in [1.29, 1.82) is 0 Å². The minimum atomic E-state index is -3.67. The van der Waals surface area contributed by atoms with Gasteiger partial charge in [-0.1, -0.05) is 0 Å². The van der Waals surface area contributed by atoms with E-state index in [9.17, 15) is 21.6 Å². The lowest BCUT2D eigenvalue weighted by atomic mass is 10.1. The van der Waals surface area contributed by atoms with Gasteiger partial charge in [0.15, 0.2) is 0 Å². The Morgan fingerprint density at radius 3 is 2.56 bits per heavy atom. The zero-order valence-electron chi connectivity index (χ0n) is 18.8. The summed E-state index contributed by atoms with van der Waals surface area (Å²) in [6, 6.07) is 1.70. The molecule has 0 radical (unpaired) electrons. The van der Waals surface area contributed by atoms with Crippen molar-refractivity contribution in [2.45, 2.75) is 38.8 Å². The highest BCUT2D eigenvalue weighted by molar-refractivity contribution is 7.89. The molecule has 0 aliphatic carbocycles. The van der Waals surface area contributed by atoms with Crippen molar-refractivity contribution >= 4 is 37.0 Å². The smallest absolute Gasteiger partial charge is 0.255 e. The van der Waals surface area contributed by atoms with E-state index in [4.69, 9.17) is 0 Å². The Kier molecular flexibility index (Phi) is 6.69. The van der Waals surface area contributed by atoms with Gasteiger partial charge >= 0.3 is 0 Å². The number of sulfonamides is 1. The molecule has 1 aliphatic rings. The van der Waals surface area contributed by atoms with Crippen molar-refractivity contribution in [2.75, 3.05) is 30.4 Å². The molecule has 184 valence electrons. The Bertz CT molecular complexity index is 1440. The third-order valence-electron chi connectivity index (χ3n) is 5.73. The molecule has 3 aromatic rings. The van der Waals surface area contributed by atoms with Gasteiger partial charge in [-0.05, 0) is 32.3 Å². The van der Waals surface area contributed by atoms with Crippen LogP contribution in [-0.2, 0) is 26.6 Å². The molecule has 0 unspecified atom stereocenters. The molecule has 0 spiro atoms. The third kappa shape index (κ3) is 5.26. The van der Waals surface area contributed by atoms with Crippen molar-refractivity contribution in [3.63, 3.8) is 0 Å². The van der Waals surface area contributed by atoms with Gasteiger partial charge in [0.2, 0.25) is 16.0 Å². The van der Waals surface area contributed by atoms with Gasteiger partial charge in [-0.25, -0.2) is 31.1 Å². The van der Waals surface area contributed by atoms with Crippen LogP contribution >= 0.6 is 0 Å². The molecule has 1 aliphatic heterocycles. The molecule has 13 nitrogen and oxygen atoms in total. The first-order chi connectivity index (χ1) is 16.0. The van der Waals surface area contributed by atoms with Gasteiger partial charge in [0.05, 0.1) is 12.0 Å². The van der Waals surface area contributed by atoms with E-state index in [2.05, 4.69) is 25.4 Å². The summed E-state index contributed by atoms with van der Waals surface area (Å²) < 4.78 is 51.8. The number of nitrogens with one attached hydrogen (secondary N) is 1.